The largest absolute Gasteiger partial charge is 0.505 e. The fourth-order valence-electron chi connectivity index (χ4n) is 1.33. The van der Waals surface area contributed by atoms with Crippen LogP contribution >= 0.6 is 11.6 Å². The summed E-state index contributed by atoms with van der Waals surface area (Å²) in [5.74, 6) is -0.246. The van der Waals surface area contributed by atoms with Gasteiger partial charge in [-0.15, -0.1) is 11.6 Å². The van der Waals surface area contributed by atoms with Gasteiger partial charge in [-0.2, -0.15) is 0 Å². The van der Waals surface area contributed by atoms with Crippen LogP contribution in [0.15, 0.2) is 18.2 Å². The molecule has 0 aliphatic carbocycles. The molecule has 106 valence electrons. The maximum atomic E-state index is 11.6. The van der Waals surface area contributed by atoms with Gasteiger partial charge in [-0.1, -0.05) is 0 Å². The lowest BCUT2D eigenvalue weighted by Crippen LogP contribution is -2.16. The summed E-state index contributed by atoms with van der Waals surface area (Å²) in [6.45, 7) is 0. The van der Waals surface area contributed by atoms with E-state index < -0.39 is 20.7 Å². The molecule has 2 N–H and O–H groups in total. The van der Waals surface area contributed by atoms with E-state index in [-0.39, 0.29) is 17.1 Å². The molecule has 0 unspecified atom stereocenters. The lowest BCUT2D eigenvalue weighted by atomic mass is 10.3. The van der Waals surface area contributed by atoms with Gasteiger partial charge in [0.15, 0.2) is 0 Å². The van der Waals surface area contributed by atoms with Crippen molar-refractivity contribution in [3.63, 3.8) is 0 Å². The number of non-ortho nitro benzene ring substituents is 1. The number of nitro benzene ring substituents is 1. The number of benzene rings is 1. The molecule has 0 saturated heterocycles. The minimum Gasteiger partial charge on any atom is -0.505 e. The van der Waals surface area contributed by atoms with Crippen LogP contribution in [-0.2, 0) is 10.0 Å². The van der Waals surface area contributed by atoms with Crippen molar-refractivity contribution < 1.29 is 18.4 Å². The van der Waals surface area contributed by atoms with Crippen molar-refractivity contribution in [1.29, 1.82) is 0 Å². The number of nitrogens with zero attached hydrogens (tertiary/aromatic N) is 1. The van der Waals surface area contributed by atoms with Crippen molar-refractivity contribution >= 4 is 33.0 Å². The predicted octanol–water partition coefficient (Wildman–Crippen LogP) is 2.06. The number of halogens is 1. The molecule has 0 bridgehead atoms. The highest BCUT2D eigenvalue weighted by molar-refractivity contribution is 7.92. The molecule has 0 atom stereocenters. The number of phenolic OH excluding ortho intramolecular Hbond substituents is 1. The highest BCUT2D eigenvalue weighted by Crippen LogP contribution is 2.28. The van der Waals surface area contributed by atoms with E-state index in [9.17, 15) is 23.6 Å². The van der Waals surface area contributed by atoms with Crippen molar-refractivity contribution in [2.75, 3.05) is 16.4 Å². The Morgan fingerprint density at radius 1 is 1.37 bits per heavy atom. The first-order valence-corrected chi connectivity index (χ1v) is 7.58. The van der Waals surface area contributed by atoms with Crippen LogP contribution in [-0.4, -0.2) is 30.1 Å². The molecule has 0 aromatic heterocycles. The van der Waals surface area contributed by atoms with Gasteiger partial charge in [-0.25, -0.2) is 8.42 Å². The molecular weight excluding hydrogens is 296 g/mol. The summed E-state index contributed by atoms with van der Waals surface area (Å²) in [5, 5.41) is 20.0. The summed E-state index contributed by atoms with van der Waals surface area (Å²) in [6, 6.07) is 3.14. The first-order valence-electron chi connectivity index (χ1n) is 5.39. The number of nitrogens with one attached hydrogen (secondary N) is 1. The van der Waals surface area contributed by atoms with Crippen LogP contribution in [0.25, 0.3) is 0 Å². The number of rotatable bonds is 7. The molecule has 0 fully saturated rings. The van der Waals surface area contributed by atoms with Crippen molar-refractivity contribution in [2.24, 2.45) is 0 Å². The number of anilines is 1. The minimum absolute atomic E-state index is 0.0866. The maximum Gasteiger partial charge on any atom is 0.273 e. The third kappa shape index (κ3) is 4.92. The van der Waals surface area contributed by atoms with Crippen molar-refractivity contribution in [2.45, 2.75) is 12.8 Å². The zero-order chi connectivity index (χ0) is 14.5. The molecule has 0 heterocycles. The average molecular weight is 309 g/mol. The van der Waals surface area contributed by atoms with E-state index in [2.05, 4.69) is 4.72 Å². The second-order valence-electron chi connectivity index (χ2n) is 3.78. The summed E-state index contributed by atoms with van der Waals surface area (Å²) in [5.41, 5.74) is -0.404. The molecule has 1 rings (SSSR count). The molecule has 0 aliphatic rings. The van der Waals surface area contributed by atoms with E-state index in [1.165, 1.54) is 0 Å². The molecule has 0 radical (unpaired) electrons. The lowest BCUT2D eigenvalue weighted by molar-refractivity contribution is -0.384. The van der Waals surface area contributed by atoms with Crippen molar-refractivity contribution in [1.82, 2.24) is 0 Å². The molecule has 9 heteroatoms. The quantitative estimate of drug-likeness (QED) is 0.263. The second-order valence-corrected chi connectivity index (χ2v) is 6.00. The minimum atomic E-state index is -3.60. The van der Waals surface area contributed by atoms with Crippen LogP contribution in [0.5, 0.6) is 5.75 Å². The highest BCUT2D eigenvalue weighted by atomic mass is 35.5. The smallest absolute Gasteiger partial charge is 0.273 e. The van der Waals surface area contributed by atoms with Crippen LogP contribution in [0.3, 0.4) is 0 Å². The summed E-state index contributed by atoms with van der Waals surface area (Å²) >= 11 is 5.44. The average Bonchev–Trinajstić information content (AvgIpc) is 2.31. The molecule has 19 heavy (non-hydrogen) atoms. The number of hydrogen-bond donors (Lipinski definition) is 2. The van der Waals surface area contributed by atoms with Crippen LogP contribution in [0, 0.1) is 10.1 Å². The van der Waals surface area contributed by atoms with Gasteiger partial charge in [0.25, 0.3) is 5.69 Å². The van der Waals surface area contributed by atoms with Gasteiger partial charge in [0.05, 0.1) is 22.4 Å². The predicted molar refractivity (Wildman–Crippen MR) is 72.1 cm³/mol. The van der Waals surface area contributed by atoms with Gasteiger partial charge < -0.3 is 5.11 Å². The number of nitro groups is 1. The molecule has 1 aromatic carbocycles. The topological polar surface area (TPSA) is 110 Å². The summed E-state index contributed by atoms with van der Waals surface area (Å²) < 4.78 is 25.5. The SMILES string of the molecule is O=[N+]([O-])c1ccc(NS(=O)(=O)CCCCCl)c(O)c1. The summed E-state index contributed by atoms with van der Waals surface area (Å²) in [7, 11) is -3.60. The molecule has 0 aliphatic heterocycles. The Balaban J connectivity index is 2.79. The van der Waals surface area contributed by atoms with Crippen LogP contribution in [0.4, 0.5) is 11.4 Å². The third-order valence-electron chi connectivity index (χ3n) is 2.25. The van der Waals surface area contributed by atoms with E-state index in [1.807, 2.05) is 0 Å². The van der Waals surface area contributed by atoms with Gasteiger partial charge >= 0.3 is 0 Å². The number of phenols is 1. The van der Waals surface area contributed by atoms with Gasteiger partial charge in [-0.3, -0.25) is 14.8 Å². The van der Waals surface area contributed by atoms with Crippen LogP contribution < -0.4 is 4.72 Å². The monoisotopic (exact) mass is 308 g/mol. The van der Waals surface area contributed by atoms with Crippen molar-refractivity contribution in [3.05, 3.63) is 28.3 Å². The third-order valence-corrected chi connectivity index (χ3v) is 3.88. The Kier molecular flexibility index (Phi) is 5.37. The Morgan fingerprint density at radius 2 is 2.05 bits per heavy atom. The summed E-state index contributed by atoms with van der Waals surface area (Å²) in [4.78, 5) is 9.79. The van der Waals surface area contributed by atoms with Crippen molar-refractivity contribution in [3.8, 4) is 5.75 Å². The Labute approximate surface area is 115 Å². The van der Waals surface area contributed by atoms with Gasteiger partial charge in [0, 0.05) is 11.9 Å². The fourth-order valence-corrected chi connectivity index (χ4v) is 2.71. The van der Waals surface area contributed by atoms with Gasteiger partial charge in [0.2, 0.25) is 10.0 Å². The zero-order valence-electron chi connectivity index (χ0n) is 9.87. The number of unbranched alkanes of at least 4 members (excludes halogenated alkanes) is 1. The summed E-state index contributed by atoms with van der Waals surface area (Å²) in [6.07, 6.45) is 0.960. The van der Waals surface area contributed by atoms with E-state index in [1.54, 1.807) is 0 Å². The zero-order valence-corrected chi connectivity index (χ0v) is 11.4. The lowest BCUT2D eigenvalue weighted by Gasteiger charge is -2.08. The first kappa shape index (κ1) is 15.5. The highest BCUT2D eigenvalue weighted by Gasteiger charge is 2.15. The Bertz CT molecular complexity index is 561. The Morgan fingerprint density at radius 3 is 2.58 bits per heavy atom. The molecule has 1 aromatic rings. The van der Waals surface area contributed by atoms with Gasteiger partial charge in [-0.05, 0) is 18.9 Å². The standard InChI is InChI=1S/C10H13ClN2O5S/c11-5-1-2-6-19(17,18)12-9-4-3-8(13(15)16)7-10(9)14/h3-4,7,12,14H,1-2,5-6H2. The number of alkyl halides is 1. The maximum absolute atomic E-state index is 11.6. The fraction of sp³-hybridized carbons (Fsp3) is 0.400. The number of sulfonamides is 1. The second kappa shape index (κ2) is 6.58. The Hall–Kier alpha value is -1.54. The van der Waals surface area contributed by atoms with Gasteiger partial charge in [0.1, 0.15) is 5.75 Å². The van der Waals surface area contributed by atoms with E-state index in [0.717, 1.165) is 18.2 Å². The number of hydrogen-bond acceptors (Lipinski definition) is 5. The van der Waals surface area contributed by atoms with Crippen LogP contribution in [0.2, 0.25) is 0 Å². The van der Waals surface area contributed by atoms with Crippen LogP contribution in [0.1, 0.15) is 12.8 Å². The first-order chi connectivity index (χ1) is 8.85. The van der Waals surface area contributed by atoms with E-state index in [4.69, 9.17) is 11.6 Å². The molecule has 0 spiro atoms. The van der Waals surface area contributed by atoms with E-state index in [0.29, 0.717) is 18.7 Å². The number of aromatic hydroxyl groups is 1. The molecule has 0 amide bonds. The normalized spacial score (nSPS) is 11.2. The molecular formula is C10H13ClN2O5S. The molecule has 0 saturated carbocycles. The molecule has 7 nitrogen and oxygen atoms in total. The van der Waals surface area contributed by atoms with E-state index >= 15 is 0 Å².